The van der Waals surface area contributed by atoms with Gasteiger partial charge >= 0.3 is 0 Å². The zero-order chi connectivity index (χ0) is 15.6. The second-order valence-corrected chi connectivity index (χ2v) is 7.50. The lowest BCUT2D eigenvalue weighted by Gasteiger charge is -2.22. The van der Waals surface area contributed by atoms with E-state index in [0.717, 1.165) is 12.1 Å². The van der Waals surface area contributed by atoms with Gasteiger partial charge in [0.2, 0.25) is 0 Å². The highest BCUT2D eigenvalue weighted by atomic mass is 32.1. The van der Waals surface area contributed by atoms with Crippen LogP contribution in [0, 0.1) is 13.8 Å². The van der Waals surface area contributed by atoms with Crippen molar-refractivity contribution in [2.24, 2.45) is 0 Å². The molecule has 0 fully saturated rings. The lowest BCUT2D eigenvalue weighted by Crippen LogP contribution is -2.23. The topological polar surface area (TPSA) is 37.8 Å². The van der Waals surface area contributed by atoms with Crippen LogP contribution >= 0.6 is 11.5 Å². The molecule has 0 radical (unpaired) electrons. The third kappa shape index (κ3) is 3.69. The Balaban J connectivity index is 2.33. The molecule has 0 aliphatic rings. The van der Waals surface area contributed by atoms with E-state index in [4.69, 9.17) is 0 Å². The van der Waals surface area contributed by atoms with E-state index in [1.165, 1.54) is 33.1 Å². The molecule has 1 heterocycles. The summed E-state index contributed by atoms with van der Waals surface area (Å²) >= 11 is 1.51. The molecule has 1 atom stereocenters. The second-order valence-electron chi connectivity index (χ2n) is 6.71. The van der Waals surface area contributed by atoms with Gasteiger partial charge in [-0.3, -0.25) is 0 Å². The van der Waals surface area contributed by atoms with Crippen LogP contribution in [0.15, 0.2) is 18.2 Å². The normalized spacial score (nSPS) is 13.4. The molecule has 2 aromatic rings. The highest BCUT2D eigenvalue weighted by Crippen LogP contribution is 2.32. The van der Waals surface area contributed by atoms with E-state index in [1.54, 1.807) is 0 Å². The first kappa shape index (κ1) is 16.1. The first-order chi connectivity index (χ1) is 9.82. The van der Waals surface area contributed by atoms with E-state index in [2.05, 4.69) is 67.7 Å². The molecule has 0 spiro atoms. The fraction of sp³-hybridized carbons (Fsp3) is 0.529. The smallest absolute Gasteiger partial charge is 0.0857 e. The van der Waals surface area contributed by atoms with Gasteiger partial charge in [0.25, 0.3) is 0 Å². The van der Waals surface area contributed by atoms with Crippen molar-refractivity contribution in [1.82, 2.24) is 14.9 Å². The standard InChI is InChI=1S/C17H25N3S/c1-11-7-8-12(2)13(9-11)10-14(18-6)15-16(17(3,4)5)19-20-21-15/h7-9,14,18H,10H2,1-6H3. The summed E-state index contributed by atoms with van der Waals surface area (Å²) in [6, 6.07) is 6.92. The Bertz CT molecular complexity index is 611. The van der Waals surface area contributed by atoms with Gasteiger partial charge in [0.15, 0.2) is 0 Å². The molecule has 0 bridgehead atoms. The Morgan fingerprint density at radius 2 is 1.95 bits per heavy atom. The molecular weight excluding hydrogens is 278 g/mol. The Morgan fingerprint density at radius 1 is 1.24 bits per heavy atom. The Kier molecular flexibility index (Phi) is 4.79. The Morgan fingerprint density at radius 3 is 2.57 bits per heavy atom. The average molecular weight is 303 g/mol. The van der Waals surface area contributed by atoms with Gasteiger partial charge in [-0.2, -0.15) is 0 Å². The molecule has 1 aromatic carbocycles. The van der Waals surface area contributed by atoms with Crippen molar-refractivity contribution >= 4 is 11.5 Å². The highest BCUT2D eigenvalue weighted by Gasteiger charge is 2.26. The quantitative estimate of drug-likeness (QED) is 0.929. The van der Waals surface area contributed by atoms with Crippen LogP contribution < -0.4 is 5.32 Å². The number of likely N-dealkylation sites (N-methyl/N-ethyl adjacent to an activating group) is 1. The first-order valence-corrected chi connectivity index (χ1v) is 8.16. The van der Waals surface area contributed by atoms with Gasteiger partial charge in [0.1, 0.15) is 0 Å². The molecule has 1 N–H and O–H groups in total. The first-order valence-electron chi connectivity index (χ1n) is 7.39. The predicted octanol–water partition coefficient (Wildman–Crippen LogP) is 3.96. The largest absolute Gasteiger partial charge is 0.312 e. The summed E-state index contributed by atoms with van der Waals surface area (Å²) in [5, 5.41) is 7.81. The number of nitrogens with zero attached hydrogens (tertiary/aromatic N) is 2. The summed E-state index contributed by atoms with van der Waals surface area (Å²) < 4.78 is 4.19. The minimum absolute atomic E-state index is 0.0269. The van der Waals surface area contributed by atoms with Crippen molar-refractivity contribution in [2.75, 3.05) is 7.05 Å². The molecular formula is C17H25N3S. The van der Waals surface area contributed by atoms with E-state index < -0.39 is 0 Å². The van der Waals surface area contributed by atoms with Crippen LogP contribution in [0.3, 0.4) is 0 Å². The summed E-state index contributed by atoms with van der Waals surface area (Å²) in [6.07, 6.45) is 0.969. The monoisotopic (exact) mass is 303 g/mol. The van der Waals surface area contributed by atoms with E-state index in [1.807, 2.05) is 7.05 Å². The van der Waals surface area contributed by atoms with E-state index in [0.29, 0.717) is 0 Å². The summed E-state index contributed by atoms with van der Waals surface area (Å²) in [6.45, 7) is 10.9. The summed E-state index contributed by atoms with van der Waals surface area (Å²) in [5.41, 5.74) is 5.18. The minimum atomic E-state index is 0.0269. The highest BCUT2D eigenvalue weighted by molar-refractivity contribution is 7.05. The van der Waals surface area contributed by atoms with Crippen molar-refractivity contribution in [2.45, 2.75) is 52.5 Å². The van der Waals surface area contributed by atoms with Crippen molar-refractivity contribution in [1.29, 1.82) is 0 Å². The lowest BCUT2D eigenvalue weighted by atomic mass is 9.88. The van der Waals surface area contributed by atoms with Gasteiger partial charge < -0.3 is 5.32 Å². The minimum Gasteiger partial charge on any atom is -0.312 e. The number of rotatable bonds is 4. The number of hydrogen-bond acceptors (Lipinski definition) is 4. The predicted molar refractivity (Wildman–Crippen MR) is 90.0 cm³/mol. The molecule has 0 amide bonds. The number of benzene rings is 1. The fourth-order valence-electron chi connectivity index (χ4n) is 2.51. The molecule has 0 saturated carbocycles. The van der Waals surface area contributed by atoms with Crippen LogP contribution in [-0.4, -0.2) is 16.6 Å². The van der Waals surface area contributed by atoms with Crippen LogP contribution in [-0.2, 0) is 11.8 Å². The Labute approximate surface area is 132 Å². The SMILES string of the molecule is CNC(Cc1cc(C)ccc1C)c1snnc1C(C)(C)C. The third-order valence-corrected chi connectivity index (χ3v) is 4.66. The van der Waals surface area contributed by atoms with Crippen LogP contribution in [0.1, 0.15) is 54.1 Å². The van der Waals surface area contributed by atoms with Crippen molar-refractivity contribution in [3.8, 4) is 0 Å². The van der Waals surface area contributed by atoms with Crippen LogP contribution in [0.5, 0.6) is 0 Å². The van der Waals surface area contributed by atoms with Gasteiger partial charge in [-0.25, -0.2) is 0 Å². The van der Waals surface area contributed by atoms with Gasteiger partial charge in [-0.05, 0) is 50.0 Å². The number of nitrogens with one attached hydrogen (secondary N) is 1. The maximum atomic E-state index is 4.37. The molecule has 3 nitrogen and oxygen atoms in total. The van der Waals surface area contributed by atoms with Gasteiger partial charge in [0.05, 0.1) is 10.6 Å². The molecule has 2 rings (SSSR count). The number of hydrogen-bond donors (Lipinski definition) is 1. The third-order valence-electron chi connectivity index (χ3n) is 3.82. The van der Waals surface area contributed by atoms with Crippen LogP contribution in [0.4, 0.5) is 0 Å². The summed E-state index contributed by atoms with van der Waals surface area (Å²) in [4.78, 5) is 1.26. The maximum Gasteiger partial charge on any atom is 0.0857 e. The van der Waals surface area contributed by atoms with E-state index in [-0.39, 0.29) is 11.5 Å². The van der Waals surface area contributed by atoms with Gasteiger partial charge in [-0.15, -0.1) is 5.10 Å². The van der Waals surface area contributed by atoms with Gasteiger partial charge in [-0.1, -0.05) is 49.0 Å². The summed E-state index contributed by atoms with van der Waals surface area (Å²) in [5.74, 6) is 0. The summed E-state index contributed by atoms with van der Waals surface area (Å²) in [7, 11) is 2.02. The van der Waals surface area contributed by atoms with Crippen LogP contribution in [0.25, 0.3) is 0 Å². The molecule has 0 aliphatic carbocycles. The Hall–Kier alpha value is -1.26. The zero-order valence-corrected chi connectivity index (χ0v) is 14.6. The molecule has 1 aromatic heterocycles. The second kappa shape index (κ2) is 6.24. The molecule has 21 heavy (non-hydrogen) atoms. The maximum absolute atomic E-state index is 4.37. The molecule has 114 valence electrons. The van der Waals surface area contributed by atoms with Crippen molar-refractivity contribution < 1.29 is 0 Å². The van der Waals surface area contributed by atoms with E-state index in [9.17, 15) is 0 Å². The molecule has 4 heteroatoms. The van der Waals surface area contributed by atoms with Crippen molar-refractivity contribution in [3.05, 3.63) is 45.5 Å². The number of aryl methyl sites for hydroxylation is 2. The lowest BCUT2D eigenvalue weighted by molar-refractivity contribution is 0.530. The van der Waals surface area contributed by atoms with Gasteiger partial charge in [0, 0.05) is 11.5 Å². The molecule has 1 unspecified atom stereocenters. The average Bonchev–Trinajstić information content (AvgIpc) is 2.89. The fourth-order valence-corrected chi connectivity index (χ4v) is 3.48. The zero-order valence-electron chi connectivity index (χ0n) is 13.8. The van der Waals surface area contributed by atoms with Crippen LogP contribution in [0.2, 0.25) is 0 Å². The van der Waals surface area contributed by atoms with E-state index >= 15 is 0 Å². The molecule has 0 aliphatic heterocycles. The van der Waals surface area contributed by atoms with Crippen molar-refractivity contribution in [3.63, 3.8) is 0 Å². The number of aromatic nitrogens is 2. The molecule has 0 saturated heterocycles.